The molecule has 1 atom stereocenters. The van der Waals surface area contributed by atoms with Crippen molar-refractivity contribution in [2.75, 3.05) is 0 Å². The van der Waals surface area contributed by atoms with Crippen molar-refractivity contribution in [2.45, 2.75) is 32.4 Å². The number of benzene rings is 1. The standard InChI is InChI=1S/C12H16Cl2N2O/c1-7(15)11(17)16-12(2,3)8-4-9(13)6-10(14)5-8/h4-7H,15H2,1-3H3,(H,16,17). The monoisotopic (exact) mass is 274 g/mol. The molecule has 0 aliphatic rings. The van der Waals surface area contributed by atoms with Crippen molar-refractivity contribution in [3.8, 4) is 0 Å². The van der Waals surface area contributed by atoms with Crippen LogP contribution in [0.2, 0.25) is 10.0 Å². The smallest absolute Gasteiger partial charge is 0.237 e. The van der Waals surface area contributed by atoms with Crippen LogP contribution >= 0.6 is 23.2 Å². The Kier molecular flexibility index (Phi) is 4.42. The Balaban J connectivity index is 3.00. The van der Waals surface area contributed by atoms with Gasteiger partial charge in [0.1, 0.15) is 0 Å². The molecule has 0 heterocycles. The molecule has 3 N–H and O–H groups in total. The highest BCUT2D eigenvalue weighted by atomic mass is 35.5. The molecule has 0 bridgehead atoms. The average Bonchev–Trinajstić information content (AvgIpc) is 2.15. The molecule has 0 radical (unpaired) electrons. The zero-order valence-corrected chi connectivity index (χ0v) is 11.6. The largest absolute Gasteiger partial charge is 0.346 e. The molecule has 0 saturated carbocycles. The van der Waals surface area contributed by atoms with Crippen LogP contribution in [0, 0.1) is 0 Å². The van der Waals surface area contributed by atoms with Gasteiger partial charge < -0.3 is 11.1 Å². The normalized spacial score (nSPS) is 13.3. The summed E-state index contributed by atoms with van der Waals surface area (Å²) in [5.41, 5.74) is 5.78. The summed E-state index contributed by atoms with van der Waals surface area (Å²) in [7, 11) is 0. The maximum absolute atomic E-state index is 11.6. The Morgan fingerprint density at radius 3 is 2.18 bits per heavy atom. The van der Waals surface area contributed by atoms with Gasteiger partial charge in [0.2, 0.25) is 5.91 Å². The zero-order valence-electron chi connectivity index (χ0n) is 10.1. The molecule has 0 aromatic heterocycles. The SMILES string of the molecule is CC(N)C(=O)NC(C)(C)c1cc(Cl)cc(Cl)c1. The van der Waals surface area contributed by atoms with Gasteiger partial charge in [0.05, 0.1) is 11.6 Å². The summed E-state index contributed by atoms with van der Waals surface area (Å²) in [5, 5.41) is 3.92. The van der Waals surface area contributed by atoms with Gasteiger partial charge >= 0.3 is 0 Å². The first-order valence-electron chi connectivity index (χ1n) is 5.26. The number of halogens is 2. The van der Waals surface area contributed by atoms with Crippen LogP contribution in [0.1, 0.15) is 26.3 Å². The molecule has 0 spiro atoms. The van der Waals surface area contributed by atoms with E-state index in [9.17, 15) is 4.79 Å². The number of rotatable bonds is 3. The third-order valence-corrected chi connectivity index (χ3v) is 2.87. The maximum atomic E-state index is 11.6. The first-order chi connectivity index (χ1) is 7.72. The molecule has 17 heavy (non-hydrogen) atoms. The Morgan fingerprint density at radius 1 is 1.29 bits per heavy atom. The highest BCUT2D eigenvalue weighted by molar-refractivity contribution is 6.34. The molecule has 5 heteroatoms. The average molecular weight is 275 g/mol. The molecular weight excluding hydrogens is 259 g/mol. The second kappa shape index (κ2) is 5.25. The molecule has 0 fully saturated rings. The molecule has 1 unspecified atom stereocenters. The predicted octanol–water partition coefficient (Wildman–Crippen LogP) is 2.69. The van der Waals surface area contributed by atoms with Crippen LogP contribution in [-0.2, 0) is 10.3 Å². The number of carbonyl (C=O) groups excluding carboxylic acids is 1. The molecule has 1 aromatic rings. The van der Waals surface area contributed by atoms with Gasteiger partial charge in [-0.3, -0.25) is 4.79 Å². The van der Waals surface area contributed by atoms with Crippen molar-refractivity contribution < 1.29 is 4.79 Å². The lowest BCUT2D eigenvalue weighted by Crippen LogP contribution is -2.47. The topological polar surface area (TPSA) is 55.1 Å². The van der Waals surface area contributed by atoms with Crippen LogP contribution < -0.4 is 11.1 Å². The summed E-state index contributed by atoms with van der Waals surface area (Å²) in [6.45, 7) is 5.38. The van der Waals surface area contributed by atoms with Crippen LogP contribution in [0.3, 0.4) is 0 Å². The van der Waals surface area contributed by atoms with Gasteiger partial charge in [0, 0.05) is 10.0 Å². The van der Waals surface area contributed by atoms with Crippen LogP contribution in [0.25, 0.3) is 0 Å². The second-order valence-electron chi connectivity index (χ2n) is 4.56. The van der Waals surface area contributed by atoms with E-state index in [-0.39, 0.29) is 5.91 Å². The Hall–Kier alpha value is -0.770. The number of amides is 1. The van der Waals surface area contributed by atoms with Crippen LogP contribution in [-0.4, -0.2) is 11.9 Å². The molecule has 0 aliphatic heterocycles. The lowest BCUT2D eigenvalue weighted by Gasteiger charge is -2.28. The van der Waals surface area contributed by atoms with E-state index in [1.807, 2.05) is 13.8 Å². The van der Waals surface area contributed by atoms with E-state index >= 15 is 0 Å². The van der Waals surface area contributed by atoms with E-state index in [2.05, 4.69) is 5.32 Å². The van der Waals surface area contributed by atoms with Crippen molar-refractivity contribution in [3.05, 3.63) is 33.8 Å². The minimum Gasteiger partial charge on any atom is -0.346 e. The fourth-order valence-corrected chi connectivity index (χ4v) is 1.93. The van der Waals surface area contributed by atoms with Gasteiger partial charge in [-0.05, 0) is 44.5 Å². The number of nitrogens with one attached hydrogen (secondary N) is 1. The molecule has 0 saturated heterocycles. The van der Waals surface area contributed by atoms with Crippen LogP contribution in [0.15, 0.2) is 18.2 Å². The Bertz CT molecular complexity index is 410. The zero-order chi connectivity index (χ0) is 13.2. The Labute approximate surface area is 111 Å². The van der Waals surface area contributed by atoms with Crippen LogP contribution in [0.4, 0.5) is 0 Å². The van der Waals surface area contributed by atoms with E-state index in [4.69, 9.17) is 28.9 Å². The molecule has 94 valence electrons. The lowest BCUT2D eigenvalue weighted by molar-refractivity contribution is -0.123. The third kappa shape index (κ3) is 3.87. The molecule has 1 aromatic carbocycles. The summed E-state index contributed by atoms with van der Waals surface area (Å²) in [5.74, 6) is -0.217. The fraction of sp³-hybridized carbons (Fsp3) is 0.417. The van der Waals surface area contributed by atoms with E-state index in [0.29, 0.717) is 10.0 Å². The highest BCUT2D eigenvalue weighted by Gasteiger charge is 2.24. The summed E-state index contributed by atoms with van der Waals surface area (Å²) in [4.78, 5) is 11.6. The summed E-state index contributed by atoms with van der Waals surface area (Å²) < 4.78 is 0. The predicted molar refractivity (Wildman–Crippen MR) is 71.3 cm³/mol. The van der Waals surface area contributed by atoms with Gasteiger partial charge in [-0.2, -0.15) is 0 Å². The van der Waals surface area contributed by atoms with E-state index in [1.54, 1.807) is 25.1 Å². The number of hydrogen-bond acceptors (Lipinski definition) is 2. The summed E-state index contributed by atoms with van der Waals surface area (Å²) >= 11 is 11.9. The second-order valence-corrected chi connectivity index (χ2v) is 5.43. The van der Waals surface area contributed by atoms with Crippen molar-refractivity contribution in [1.82, 2.24) is 5.32 Å². The molecular formula is C12H16Cl2N2O. The maximum Gasteiger partial charge on any atom is 0.237 e. The van der Waals surface area contributed by atoms with Gasteiger partial charge in [-0.25, -0.2) is 0 Å². The fourth-order valence-electron chi connectivity index (χ4n) is 1.41. The molecule has 1 amide bonds. The van der Waals surface area contributed by atoms with Crippen molar-refractivity contribution >= 4 is 29.1 Å². The number of carbonyl (C=O) groups is 1. The lowest BCUT2D eigenvalue weighted by atomic mass is 9.94. The van der Waals surface area contributed by atoms with Crippen molar-refractivity contribution in [1.29, 1.82) is 0 Å². The van der Waals surface area contributed by atoms with Gasteiger partial charge in [-0.15, -0.1) is 0 Å². The van der Waals surface area contributed by atoms with Crippen LogP contribution in [0.5, 0.6) is 0 Å². The third-order valence-electron chi connectivity index (χ3n) is 2.43. The number of hydrogen-bond donors (Lipinski definition) is 2. The first-order valence-corrected chi connectivity index (χ1v) is 6.02. The minimum atomic E-state index is -0.570. The molecule has 3 nitrogen and oxygen atoms in total. The van der Waals surface area contributed by atoms with Crippen molar-refractivity contribution in [3.63, 3.8) is 0 Å². The quantitative estimate of drug-likeness (QED) is 0.891. The minimum absolute atomic E-state index is 0.217. The van der Waals surface area contributed by atoms with E-state index in [0.717, 1.165) is 5.56 Å². The van der Waals surface area contributed by atoms with Gasteiger partial charge in [0.25, 0.3) is 0 Å². The molecule has 1 rings (SSSR count). The Morgan fingerprint density at radius 2 is 1.76 bits per heavy atom. The number of nitrogens with two attached hydrogens (primary N) is 1. The highest BCUT2D eigenvalue weighted by Crippen LogP contribution is 2.27. The summed E-state index contributed by atoms with van der Waals surface area (Å²) in [6, 6.07) is 4.64. The molecule has 0 aliphatic carbocycles. The van der Waals surface area contributed by atoms with Crippen molar-refractivity contribution in [2.24, 2.45) is 5.73 Å². The first kappa shape index (κ1) is 14.3. The van der Waals surface area contributed by atoms with E-state index < -0.39 is 11.6 Å². The summed E-state index contributed by atoms with van der Waals surface area (Å²) in [6.07, 6.45) is 0. The van der Waals surface area contributed by atoms with Gasteiger partial charge in [0.15, 0.2) is 0 Å². The van der Waals surface area contributed by atoms with Gasteiger partial charge in [-0.1, -0.05) is 23.2 Å². The van der Waals surface area contributed by atoms with E-state index in [1.165, 1.54) is 0 Å².